The molecule has 2 aliphatic heterocycles. The maximum Gasteiger partial charge on any atom is 0.222 e. The van der Waals surface area contributed by atoms with E-state index in [-0.39, 0.29) is 18.4 Å². The molecule has 0 saturated carbocycles. The van der Waals surface area contributed by atoms with Crippen molar-refractivity contribution in [2.24, 2.45) is 15.7 Å². The van der Waals surface area contributed by atoms with Crippen molar-refractivity contribution < 1.29 is 4.74 Å². The maximum absolute atomic E-state index is 6.17. The Morgan fingerprint density at radius 3 is 2.57 bits per heavy atom. The summed E-state index contributed by atoms with van der Waals surface area (Å²) in [5, 5.41) is 4.09. The second-order valence-corrected chi connectivity index (χ2v) is 7.60. The topological polar surface area (TPSA) is 78.5 Å². The minimum absolute atomic E-state index is 0. The highest BCUT2D eigenvalue weighted by Crippen LogP contribution is 2.27. The van der Waals surface area contributed by atoms with E-state index < -0.39 is 6.29 Å². The molecule has 2 heterocycles. The predicted molar refractivity (Wildman–Crippen MR) is 126 cm³/mol. The van der Waals surface area contributed by atoms with Crippen LogP contribution in [0.5, 0.6) is 0 Å². The average Bonchev–Trinajstić information content (AvgIpc) is 2.70. The fraction of sp³-hybridized carbons (Fsp3) is 0.333. The van der Waals surface area contributed by atoms with Crippen molar-refractivity contribution in [1.82, 2.24) is 4.90 Å². The number of aryl methyl sites for hydroxylation is 2. The van der Waals surface area contributed by atoms with Gasteiger partial charge in [0.2, 0.25) is 18.2 Å². The summed E-state index contributed by atoms with van der Waals surface area (Å²) in [6.45, 7) is 7.01. The molecule has 0 amide bonds. The molecule has 30 heavy (non-hydrogen) atoms. The number of hydrogen-bond donors (Lipinski definition) is 2. The van der Waals surface area contributed by atoms with Crippen molar-refractivity contribution in [3.63, 3.8) is 0 Å². The van der Waals surface area contributed by atoms with E-state index in [1.165, 1.54) is 11.1 Å². The van der Waals surface area contributed by atoms with E-state index in [4.69, 9.17) is 22.1 Å². The zero-order valence-electron chi connectivity index (χ0n) is 17.0. The van der Waals surface area contributed by atoms with Crippen LogP contribution in [0.4, 0.5) is 11.4 Å². The van der Waals surface area contributed by atoms with E-state index in [0.29, 0.717) is 18.2 Å². The van der Waals surface area contributed by atoms with Crippen molar-refractivity contribution in [2.45, 2.75) is 20.1 Å². The summed E-state index contributed by atoms with van der Waals surface area (Å²) in [5.74, 6) is 1.01. The second-order valence-electron chi connectivity index (χ2n) is 7.17. The van der Waals surface area contributed by atoms with Crippen molar-refractivity contribution >= 4 is 47.3 Å². The second kappa shape index (κ2) is 9.55. The number of nitrogens with two attached hydrogens (primary N) is 1. The first-order chi connectivity index (χ1) is 14.0. The number of hydrogen-bond acceptors (Lipinski definition) is 7. The Bertz CT molecular complexity index is 958. The van der Waals surface area contributed by atoms with Crippen molar-refractivity contribution in [1.29, 1.82) is 0 Å². The van der Waals surface area contributed by atoms with Gasteiger partial charge in [0.1, 0.15) is 0 Å². The van der Waals surface area contributed by atoms with Crippen LogP contribution in [-0.2, 0) is 4.74 Å². The van der Waals surface area contributed by atoms with E-state index in [1.807, 2.05) is 24.3 Å². The summed E-state index contributed by atoms with van der Waals surface area (Å²) < 4.78 is 5.52. The first-order valence-corrected chi connectivity index (χ1v) is 10.0. The molecular formula is C21H26Cl2N6O. The van der Waals surface area contributed by atoms with Gasteiger partial charge in [0, 0.05) is 29.5 Å². The van der Waals surface area contributed by atoms with E-state index in [1.54, 1.807) is 0 Å². The lowest BCUT2D eigenvalue weighted by molar-refractivity contribution is 0.0671. The summed E-state index contributed by atoms with van der Waals surface area (Å²) >= 11 is 6.17. The van der Waals surface area contributed by atoms with Gasteiger partial charge >= 0.3 is 0 Å². The molecular weight excluding hydrogens is 423 g/mol. The van der Waals surface area contributed by atoms with Crippen LogP contribution in [0, 0.1) is 13.8 Å². The smallest absolute Gasteiger partial charge is 0.222 e. The summed E-state index contributed by atoms with van der Waals surface area (Å²) in [4.78, 5) is 13.4. The Balaban J connectivity index is 0.00000256. The normalized spacial score (nSPS) is 19.0. The third kappa shape index (κ3) is 4.80. The number of nitrogens with zero attached hydrogens (tertiary/aromatic N) is 4. The molecule has 0 radical (unpaired) electrons. The van der Waals surface area contributed by atoms with Gasteiger partial charge in [-0.05, 0) is 55.3 Å². The molecule has 160 valence electrons. The molecule has 0 aromatic heterocycles. The minimum Gasteiger partial charge on any atom is -0.378 e. The molecule has 9 heteroatoms. The number of ether oxygens (including phenoxy) is 1. The monoisotopic (exact) mass is 448 g/mol. The third-order valence-corrected chi connectivity index (χ3v) is 5.35. The van der Waals surface area contributed by atoms with Gasteiger partial charge in [-0.15, -0.1) is 12.4 Å². The van der Waals surface area contributed by atoms with Crippen LogP contribution in [0.3, 0.4) is 0 Å². The first-order valence-electron chi connectivity index (χ1n) is 9.64. The standard InChI is InChI=1S/C21H25ClN6O.ClH/c1-14-6-7-18(12-15(14)2)28-20(24-17-5-3-4-16(22)13-17)25-19(23)26-21(28)27-8-10-29-11-9-27;/h3-7,12-13,20,24H,8-11H2,1-2H3,(H2,23,25);1H. The van der Waals surface area contributed by atoms with Gasteiger partial charge in [-0.25, -0.2) is 4.99 Å². The van der Waals surface area contributed by atoms with Gasteiger partial charge < -0.3 is 20.7 Å². The molecule has 1 unspecified atom stereocenters. The highest BCUT2D eigenvalue weighted by molar-refractivity contribution is 6.30. The number of morpholine rings is 1. The Hall–Kier alpha value is -2.48. The molecule has 1 saturated heterocycles. The number of rotatable bonds is 3. The quantitative estimate of drug-likeness (QED) is 0.749. The summed E-state index contributed by atoms with van der Waals surface area (Å²) in [7, 11) is 0. The zero-order chi connectivity index (χ0) is 20.4. The maximum atomic E-state index is 6.17. The van der Waals surface area contributed by atoms with Gasteiger partial charge in [-0.3, -0.25) is 4.90 Å². The van der Waals surface area contributed by atoms with Crippen molar-refractivity contribution in [3.8, 4) is 0 Å². The summed E-state index contributed by atoms with van der Waals surface area (Å²) in [6, 6.07) is 13.9. The number of anilines is 2. The molecule has 2 aromatic rings. The molecule has 1 atom stereocenters. The molecule has 0 spiro atoms. The number of nitrogens with one attached hydrogen (secondary N) is 1. The first kappa shape index (κ1) is 22.2. The number of guanidine groups is 2. The van der Waals surface area contributed by atoms with E-state index in [9.17, 15) is 0 Å². The third-order valence-electron chi connectivity index (χ3n) is 5.11. The SMILES string of the molecule is Cc1ccc(N2C(N3CCOCC3)=NC(N)=NC2Nc2cccc(Cl)c2)cc1C.Cl. The highest BCUT2D eigenvalue weighted by atomic mass is 35.5. The van der Waals surface area contributed by atoms with Crippen LogP contribution >= 0.6 is 24.0 Å². The molecule has 2 aromatic carbocycles. The molecule has 4 rings (SSSR count). The fourth-order valence-corrected chi connectivity index (χ4v) is 3.61. The predicted octanol–water partition coefficient (Wildman–Crippen LogP) is 3.60. The fourth-order valence-electron chi connectivity index (χ4n) is 3.42. The highest BCUT2D eigenvalue weighted by Gasteiger charge is 2.32. The minimum atomic E-state index is -0.453. The van der Waals surface area contributed by atoms with Gasteiger partial charge in [0.05, 0.1) is 13.2 Å². The molecule has 1 fully saturated rings. The van der Waals surface area contributed by atoms with Crippen LogP contribution in [0.25, 0.3) is 0 Å². The number of aliphatic imine (C=N–C) groups is 2. The Kier molecular flexibility index (Phi) is 7.07. The molecule has 0 aliphatic carbocycles. The van der Waals surface area contributed by atoms with E-state index in [2.05, 4.69) is 57.1 Å². The van der Waals surface area contributed by atoms with E-state index in [0.717, 1.165) is 30.4 Å². The molecule has 7 nitrogen and oxygen atoms in total. The summed E-state index contributed by atoms with van der Waals surface area (Å²) in [5.41, 5.74) is 10.4. The van der Waals surface area contributed by atoms with Crippen molar-refractivity contribution in [3.05, 3.63) is 58.6 Å². The van der Waals surface area contributed by atoms with Crippen LogP contribution < -0.4 is 16.0 Å². The zero-order valence-corrected chi connectivity index (χ0v) is 18.6. The number of benzene rings is 2. The average molecular weight is 449 g/mol. The van der Waals surface area contributed by atoms with Crippen LogP contribution in [0.15, 0.2) is 52.4 Å². The van der Waals surface area contributed by atoms with Gasteiger partial charge in [-0.2, -0.15) is 4.99 Å². The van der Waals surface area contributed by atoms with Crippen LogP contribution in [0.1, 0.15) is 11.1 Å². The van der Waals surface area contributed by atoms with Gasteiger partial charge in [0.25, 0.3) is 0 Å². The summed E-state index contributed by atoms with van der Waals surface area (Å²) in [6.07, 6.45) is -0.453. The Labute approximate surface area is 188 Å². The number of halogens is 2. The lowest BCUT2D eigenvalue weighted by Gasteiger charge is -2.41. The van der Waals surface area contributed by atoms with Gasteiger partial charge in [0.15, 0.2) is 0 Å². The lowest BCUT2D eigenvalue weighted by atomic mass is 10.1. The lowest BCUT2D eigenvalue weighted by Crippen LogP contribution is -2.57. The van der Waals surface area contributed by atoms with E-state index >= 15 is 0 Å². The largest absolute Gasteiger partial charge is 0.378 e. The Morgan fingerprint density at radius 2 is 1.87 bits per heavy atom. The van der Waals surface area contributed by atoms with Crippen molar-refractivity contribution in [2.75, 3.05) is 36.5 Å². The Morgan fingerprint density at radius 1 is 1.10 bits per heavy atom. The van der Waals surface area contributed by atoms with Crippen LogP contribution in [0.2, 0.25) is 5.02 Å². The van der Waals surface area contributed by atoms with Crippen LogP contribution in [-0.4, -0.2) is 49.4 Å². The molecule has 2 aliphatic rings. The van der Waals surface area contributed by atoms with Gasteiger partial charge in [-0.1, -0.05) is 23.7 Å². The molecule has 0 bridgehead atoms. The molecule has 3 N–H and O–H groups in total.